The van der Waals surface area contributed by atoms with Crippen molar-refractivity contribution in [3.8, 4) is 10.4 Å². The average molecular weight is 367 g/mol. The molecule has 1 aromatic heterocycles. The van der Waals surface area contributed by atoms with Crippen LogP contribution in [-0.2, 0) is 4.79 Å². The number of nitrogens with zero attached hydrogens (tertiary/aromatic N) is 1. The van der Waals surface area contributed by atoms with Crippen LogP contribution in [0, 0.1) is 6.92 Å². The second-order valence-corrected chi connectivity index (χ2v) is 6.91. The maximum absolute atomic E-state index is 13.5. The van der Waals surface area contributed by atoms with E-state index in [0.717, 1.165) is 16.1 Å². The first-order chi connectivity index (χ1) is 12.0. The Bertz CT molecular complexity index is 736. The molecule has 1 aliphatic heterocycles. The number of aryl methyl sites for hydroxylation is 1. The van der Waals surface area contributed by atoms with E-state index in [9.17, 15) is 18.7 Å². The third kappa shape index (κ3) is 4.02. The highest BCUT2D eigenvalue weighted by molar-refractivity contribution is 7.13. The fourth-order valence-corrected chi connectivity index (χ4v) is 3.69. The van der Waals surface area contributed by atoms with Crippen LogP contribution < -0.4 is 10.6 Å². The molecule has 0 spiro atoms. The monoisotopic (exact) mass is 367 g/mol. The van der Waals surface area contributed by atoms with Crippen molar-refractivity contribution in [3.05, 3.63) is 41.0 Å². The van der Waals surface area contributed by atoms with Gasteiger partial charge in [0, 0.05) is 6.54 Å². The fraction of sp³-hybridized carbons (Fsp3) is 0.412. The number of aromatic nitrogens is 1. The van der Waals surface area contributed by atoms with Crippen LogP contribution in [0.1, 0.15) is 23.7 Å². The first-order valence-electron chi connectivity index (χ1n) is 7.96. The molecule has 3 atom stereocenters. The summed E-state index contributed by atoms with van der Waals surface area (Å²) in [7, 11) is 0. The third-order valence-corrected chi connectivity index (χ3v) is 5.23. The number of aliphatic hydroxyl groups is 1. The minimum atomic E-state index is -2.73. The van der Waals surface area contributed by atoms with Gasteiger partial charge in [0.25, 0.3) is 6.43 Å². The Morgan fingerprint density at radius 2 is 2.12 bits per heavy atom. The number of aliphatic hydroxyl groups excluding tert-OH is 1. The Labute approximate surface area is 148 Å². The van der Waals surface area contributed by atoms with Crippen LogP contribution in [0.4, 0.5) is 8.78 Å². The Morgan fingerprint density at radius 1 is 1.40 bits per heavy atom. The molecule has 1 saturated heterocycles. The van der Waals surface area contributed by atoms with Gasteiger partial charge in [-0.1, -0.05) is 24.3 Å². The largest absolute Gasteiger partial charge is 0.392 e. The Balaban J connectivity index is 1.74. The quantitative estimate of drug-likeness (QED) is 0.758. The van der Waals surface area contributed by atoms with Crippen LogP contribution in [0.3, 0.4) is 0 Å². The van der Waals surface area contributed by atoms with E-state index in [2.05, 4.69) is 15.6 Å². The van der Waals surface area contributed by atoms with Gasteiger partial charge < -0.3 is 15.7 Å². The van der Waals surface area contributed by atoms with Gasteiger partial charge in [-0.15, -0.1) is 11.3 Å². The van der Waals surface area contributed by atoms with E-state index >= 15 is 0 Å². The second-order valence-electron chi connectivity index (χ2n) is 6.06. The summed E-state index contributed by atoms with van der Waals surface area (Å²) in [5.74, 6) is -0.524. The highest BCUT2D eigenvalue weighted by atomic mass is 32.1. The average Bonchev–Trinajstić information content (AvgIpc) is 3.21. The minimum Gasteiger partial charge on any atom is -0.392 e. The molecule has 8 heteroatoms. The second kappa shape index (κ2) is 7.55. The summed E-state index contributed by atoms with van der Waals surface area (Å²) < 4.78 is 26.9. The zero-order valence-electron chi connectivity index (χ0n) is 13.6. The van der Waals surface area contributed by atoms with E-state index in [1.54, 1.807) is 29.8 Å². The molecule has 5 nitrogen and oxygen atoms in total. The molecular weight excluding hydrogens is 348 g/mol. The minimum absolute atomic E-state index is 0.228. The Kier molecular flexibility index (Phi) is 5.41. The van der Waals surface area contributed by atoms with Crippen molar-refractivity contribution >= 4 is 17.2 Å². The van der Waals surface area contributed by atoms with Crippen LogP contribution >= 0.6 is 11.3 Å². The molecule has 0 radical (unpaired) electrons. The summed E-state index contributed by atoms with van der Waals surface area (Å²) in [5.41, 5.74) is 3.88. The van der Waals surface area contributed by atoms with Crippen LogP contribution in [-0.4, -0.2) is 41.1 Å². The Hall–Kier alpha value is -1.90. The number of carbonyl (C=O) groups excluding carboxylic acids is 1. The number of hydrogen-bond acceptors (Lipinski definition) is 5. The molecule has 0 unspecified atom stereocenters. The highest BCUT2D eigenvalue weighted by Gasteiger charge is 2.32. The summed E-state index contributed by atoms with van der Waals surface area (Å²) in [6.45, 7) is 2.19. The van der Waals surface area contributed by atoms with Crippen molar-refractivity contribution in [2.45, 2.75) is 38.0 Å². The third-order valence-electron chi connectivity index (χ3n) is 4.25. The normalized spacial score (nSPS) is 21.5. The molecule has 0 aliphatic carbocycles. The summed E-state index contributed by atoms with van der Waals surface area (Å²) in [6.07, 6.45) is -3.13. The van der Waals surface area contributed by atoms with Gasteiger partial charge in [0.15, 0.2) is 0 Å². The Morgan fingerprint density at radius 3 is 2.64 bits per heavy atom. The molecule has 3 rings (SSSR count). The first kappa shape index (κ1) is 17.9. The number of halogens is 2. The van der Waals surface area contributed by atoms with E-state index in [4.69, 9.17) is 0 Å². The predicted octanol–water partition coefficient (Wildman–Crippen LogP) is 2.26. The molecule has 0 bridgehead atoms. The lowest BCUT2D eigenvalue weighted by atomic mass is 10.0. The van der Waals surface area contributed by atoms with E-state index in [1.807, 2.05) is 6.92 Å². The summed E-state index contributed by atoms with van der Waals surface area (Å²) in [5, 5.41) is 14.7. The van der Waals surface area contributed by atoms with Gasteiger partial charge in [-0.3, -0.25) is 4.79 Å². The van der Waals surface area contributed by atoms with Crippen molar-refractivity contribution in [3.63, 3.8) is 0 Å². The lowest BCUT2D eigenvalue weighted by Crippen LogP contribution is -2.43. The highest BCUT2D eigenvalue weighted by Crippen LogP contribution is 2.29. The zero-order valence-corrected chi connectivity index (χ0v) is 14.4. The summed E-state index contributed by atoms with van der Waals surface area (Å²) in [4.78, 5) is 17.3. The van der Waals surface area contributed by atoms with Gasteiger partial charge in [0.05, 0.1) is 28.2 Å². The van der Waals surface area contributed by atoms with Crippen LogP contribution in [0.25, 0.3) is 10.4 Å². The van der Waals surface area contributed by atoms with Crippen LogP contribution in [0.2, 0.25) is 0 Å². The standard InChI is InChI=1S/C17H19F2N3O2S/c1-9-15(25-8-21-9)11-4-2-10(3-5-11)14(16(18)19)22-17(24)13-6-12(23)7-20-13/h2-5,8,12-14,16,20,23H,6-7H2,1H3,(H,22,24)/t12-,13+,14-/m1/s1. The molecule has 25 heavy (non-hydrogen) atoms. The van der Waals surface area contributed by atoms with Gasteiger partial charge in [0.2, 0.25) is 5.91 Å². The van der Waals surface area contributed by atoms with Gasteiger partial charge in [0.1, 0.15) is 6.04 Å². The van der Waals surface area contributed by atoms with Crippen LogP contribution in [0.5, 0.6) is 0 Å². The molecule has 1 amide bonds. The van der Waals surface area contributed by atoms with Crippen molar-refractivity contribution in [1.29, 1.82) is 0 Å². The van der Waals surface area contributed by atoms with E-state index in [-0.39, 0.29) is 6.42 Å². The smallest absolute Gasteiger partial charge is 0.262 e. The lowest BCUT2D eigenvalue weighted by Gasteiger charge is -2.21. The topological polar surface area (TPSA) is 74.2 Å². The fourth-order valence-electron chi connectivity index (χ4n) is 2.88. The zero-order chi connectivity index (χ0) is 18.0. The first-order valence-corrected chi connectivity index (χ1v) is 8.84. The number of benzene rings is 1. The van der Waals surface area contributed by atoms with E-state index < -0.39 is 30.5 Å². The molecular formula is C17H19F2N3O2S. The molecule has 1 fully saturated rings. The number of thiazole rings is 1. The van der Waals surface area contributed by atoms with E-state index in [0.29, 0.717) is 12.1 Å². The molecule has 2 aromatic rings. The number of amides is 1. The number of β-amino-alcohol motifs (C(OH)–C–C–N with tert-alkyl or cyclic N) is 1. The van der Waals surface area contributed by atoms with Crippen molar-refractivity contribution < 1.29 is 18.7 Å². The number of rotatable bonds is 5. The number of hydrogen-bond donors (Lipinski definition) is 3. The molecule has 3 N–H and O–H groups in total. The van der Waals surface area contributed by atoms with Crippen molar-refractivity contribution in [2.75, 3.05) is 6.54 Å². The van der Waals surface area contributed by atoms with Gasteiger partial charge in [-0.05, 0) is 24.5 Å². The van der Waals surface area contributed by atoms with Gasteiger partial charge in [-0.25, -0.2) is 13.8 Å². The molecule has 1 aliphatic rings. The summed E-state index contributed by atoms with van der Waals surface area (Å²) >= 11 is 1.49. The maximum Gasteiger partial charge on any atom is 0.262 e. The molecule has 0 saturated carbocycles. The SMILES string of the molecule is Cc1ncsc1-c1ccc([C@@H](NC(=O)[C@@H]2C[C@@H](O)CN2)C(F)F)cc1. The molecule has 134 valence electrons. The maximum atomic E-state index is 13.5. The van der Waals surface area contributed by atoms with Gasteiger partial charge in [-0.2, -0.15) is 0 Å². The number of carbonyl (C=O) groups is 1. The number of nitrogens with one attached hydrogen (secondary N) is 2. The van der Waals surface area contributed by atoms with Gasteiger partial charge >= 0.3 is 0 Å². The van der Waals surface area contributed by atoms with Crippen LogP contribution in [0.15, 0.2) is 29.8 Å². The number of alkyl halides is 2. The van der Waals surface area contributed by atoms with Crippen molar-refractivity contribution in [1.82, 2.24) is 15.6 Å². The predicted molar refractivity (Wildman–Crippen MR) is 91.6 cm³/mol. The summed E-state index contributed by atoms with van der Waals surface area (Å²) in [6, 6.07) is 4.69. The van der Waals surface area contributed by atoms with E-state index in [1.165, 1.54) is 11.3 Å². The lowest BCUT2D eigenvalue weighted by molar-refractivity contribution is -0.125. The molecule has 2 heterocycles. The molecule has 1 aromatic carbocycles. The van der Waals surface area contributed by atoms with Crippen molar-refractivity contribution in [2.24, 2.45) is 0 Å².